The van der Waals surface area contributed by atoms with Gasteiger partial charge in [0.1, 0.15) is 17.5 Å². The van der Waals surface area contributed by atoms with Crippen molar-refractivity contribution in [1.82, 2.24) is 4.90 Å². The van der Waals surface area contributed by atoms with Crippen molar-refractivity contribution in [2.45, 2.75) is 33.1 Å². The lowest BCUT2D eigenvalue weighted by Crippen LogP contribution is -2.30. The lowest BCUT2D eigenvalue weighted by Gasteiger charge is -2.19. The molecule has 0 saturated carbocycles. The van der Waals surface area contributed by atoms with Crippen molar-refractivity contribution in [3.63, 3.8) is 0 Å². The summed E-state index contributed by atoms with van der Waals surface area (Å²) in [6, 6.07) is 5.62. The van der Waals surface area contributed by atoms with Gasteiger partial charge in [-0.3, -0.25) is 14.4 Å². The van der Waals surface area contributed by atoms with E-state index in [0.29, 0.717) is 24.9 Å². The van der Waals surface area contributed by atoms with E-state index in [-0.39, 0.29) is 29.9 Å². The number of benzene rings is 1. The van der Waals surface area contributed by atoms with Gasteiger partial charge < -0.3 is 9.64 Å². The highest BCUT2D eigenvalue weighted by Gasteiger charge is 2.29. The lowest BCUT2D eigenvalue weighted by atomic mass is 9.97. The Balaban J connectivity index is 1.80. The molecule has 1 aliphatic rings. The number of rotatable bonds is 9. The minimum Gasteiger partial charge on any atom is -0.465 e. The van der Waals surface area contributed by atoms with Crippen LogP contribution in [0.15, 0.2) is 24.3 Å². The molecule has 0 aromatic heterocycles. The number of carbonyl (C=O) groups excluding carboxylic acids is 3. The fraction of sp³-hybridized carbons (Fsp3) is 0.550. The molecule has 1 aliphatic heterocycles. The Morgan fingerprint density at radius 1 is 1.27 bits per heavy atom. The van der Waals surface area contributed by atoms with Gasteiger partial charge >= 0.3 is 5.97 Å². The first-order chi connectivity index (χ1) is 12.4. The lowest BCUT2D eigenvalue weighted by molar-refractivity contribution is -0.151. The molecule has 1 aromatic carbocycles. The van der Waals surface area contributed by atoms with E-state index < -0.39 is 11.9 Å². The van der Waals surface area contributed by atoms with Crippen LogP contribution in [-0.2, 0) is 14.3 Å². The van der Waals surface area contributed by atoms with Crippen LogP contribution in [0, 0.1) is 17.7 Å². The van der Waals surface area contributed by atoms with Gasteiger partial charge in [0.25, 0.3) is 0 Å². The van der Waals surface area contributed by atoms with Crippen LogP contribution in [0.5, 0.6) is 0 Å². The number of halogens is 1. The van der Waals surface area contributed by atoms with Gasteiger partial charge in [0.05, 0.1) is 6.61 Å². The van der Waals surface area contributed by atoms with Crippen LogP contribution >= 0.6 is 0 Å². The van der Waals surface area contributed by atoms with Crippen LogP contribution in [-0.4, -0.2) is 48.7 Å². The molecule has 0 amide bonds. The predicted molar refractivity (Wildman–Crippen MR) is 95.3 cm³/mol. The van der Waals surface area contributed by atoms with Crippen molar-refractivity contribution in [3.05, 3.63) is 35.6 Å². The molecule has 0 bridgehead atoms. The Bertz CT molecular complexity index is 644. The van der Waals surface area contributed by atoms with Crippen molar-refractivity contribution in [3.8, 4) is 0 Å². The summed E-state index contributed by atoms with van der Waals surface area (Å²) in [6.45, 7) is 5.63. The zero-order chi connectivity index (χ0) is 19.1. The minimum absolute atomic E-state index is 0.0185. The minimum atomic E-state index is -0.713. The highest BCUT2D eigenvalue weighted by molar-refractivity contribution is 5.97. The molecule has 2 atom stereocenters. The molecule has 142 valence electrons. The van der Waals surface area contributed by atoms with E-state index in [0.717, 1.165) is 19.5 Å². The Morgan fingerprint density at radius 2 is 1.96 bits per heavy atom. The van der Waals surface area contributed by atoms with E-state index in [1.807, 2.05) is 0 Å². The van der Waals surface area contributed by atoms with Crippen molar-refractivity contribution in [2.75, 3.05) is 26.2 Å². The fourth-order valence-corrected chi connectivity index (χ4v) is 3.34. The zero-order valence-electron chi connectivity index (χ0n) is 15.4. The normalized spacial score (nSPS) is 18.5. The van der Waals surface area contributed by atoms with E-state index >= 15 is 0 Å². The summed E-state index contributed by atoms with van der Waals surface area (Å²) in [6.07, 6.45) is 1.76. The van der Waals surface area contributed by atoms with Crippen LogP contribution in [0.4, 0.5) is 4.39 Å². The molecule has 1 aromatic rings. The molecule has 6 heteroatoms. The number of ketones is 2. The molecule has 2 unspecified atom stereocenters. The van der Waals surface area contributed by atoms with Crippen LogP contribution in [0.2, 0.25) is 0 Å². The molecule has 26 heavy (non-hydrogen) atoms. The number of likely N-dealkylation sites (tertiary alicyclic amines) is 1. The third-order valence-corrected chi connectivity index (χ3v) is 4.81. The van der Waals surface area contributed by atoms with Crippen LogP contribution in [0.3, 0.4) is 0 Å². The number of hydrogen-bond acceptors (Lipinski definition) is 5. The largest absolute Gasteiger partial charge is 0.465 e. The van der Waals surface area contributed by atoms with Crippen molar-refractivity contribution >= 4 is 17.5 Å². The van der Waals surface area contributed by atoms with Crippen molar-refractivity contribution in [1.29, 1.82) is 0 Å². The van der Waals surface area contributed by atoms with Gasteiger partial charge in [-0.05, 0) is 70.0 Å². The Labute approximate surface area is 153 Å². The maximum atomic E-state index is 12.9. The maximum Gasteiger partial charge on any atom is 0.316 e. The topological polar surface area (TPSA) is 63.7 Å². The number of carbonyl (C=O) groups is 3. The van der Waals surface area contributed by atoms with Crippen LogP contribution in [0.25, 0.3) is 0 Å². The molecule has 1 saturated heterocycles. The van der Waals surface area contributed by atoms with E-state index in [1.165, 1.54) is 31.2 Å². The van der Waals surface area contributed by atoms with Gasteiger partial charge in [0.15, 0.2) is 5.78 Å². The number of esters is 1. The van der Waals surface area contributed by atoms with Gasteiger partial charge in [-0.2, -0.15) is 0 Å². The SMILES string of the molecule is CCOC(=O)C(CCN1CCC(CC(=O)c2ccc(F)cc2)C1)C(C)=O. The number of ether oxygens (including phenoxy) is 1. The summed E-state index contributed by atoms with van der Waals surface area (Å²) >= 11 is 0. The second-order valence-corrected chi connectivity index (χ2v) is 6.79. The first kappa shape index (κ1) is 20.2. The number of Topliss-reactive ketones (excluding diaryl/α,β-unsaturated/α-hetero) is 2. The summed E-state index contributed by atoms with van der Waals surface area (Å²) in [7, 11) is 0. The number of hydrogen-bond donors (Lipinski definition) is 0. The third kappa shape index (κ3) is 5.73. The standard InChI is InChI=1S/C20H26FNO4/c1-3-26-20(25)18(14(2)23)9-11-22-10-8-15(13-22)12-19(24)16-4-6-17(21)7-5-16/h4-7,15,18H,3,8-13H2,1-2H3. The van der Waals surface area contributed by atoms with Crippen LogP contribution in [0.1, 0.15) is 43.5 Å². The molecule has 0 spiro atoms. The molecule has 1 fully saturated rings. The van der Waals surface area contributed by atoms with Gasteiger partial charge in [0.2, 0.25) is 0 Å². The molecular weight excluding hydrogens is 337 g/mol. The zero-order valence-corrected chi connectivity index (χ0v) is 15.4. The summed E-state index contributed by atoms with van der Waals surface area (Å²) in [5.74, 6) is -1.44. The second kappa shape index (κ2) is 9.57. The Kier molecular flexibility index (Phi) is 7.45. The summed E-state index contributed by atoms with van der Waals surface area (Å²) < 4.78 is 17.9. The van der Waals surface area contributed by atoms with E-state index in [1.54, 1.807) is 6.92 Å². The quantitative estimate of drug-likeness (QED) is 0.383. The molecule has 1 heterocycles. The molecular formula is C20H26FNO4. The predicted octanol–water partition coefficient (Wildman–Crippen LogP) is 2.88. The summed E-state index contributed by atoms with van der Waals surface area (Å²) in [4.78, 5) is 38.0. The van der Waals surface area contributed by atoms with Crippen molar-refractivity contribution < 1.29 is 23.5 Å². The van der Waals surface area contributed by atoms with Gasteiger partial charge in [-0.15, -0.1) is 0 Å². The smallest absolute Gasteiger partial charge is 0.316 e. The summed E-state index contributed by atoms with van der Waals surface area (Å²) in [5, 5.41) is 0. The van der Waals surface area contributed by atoms with Crippen LogP contribution < -0.4 is 0 Å². The first-order valence-corrected chi connectivity index (χ1v) is 9.09. The van der Waals surface area contributed by atoms with E-state index in [9.17, 15) is 18.8 Å². The summed E-state index contributed by atoms with van der Waals surface area (Å²) in [5.41, 5.74) is 0.531. The molecule has 5 nitrogen and oxygen atoms in total. The number of nitrogens with zero attached hydrogens (tertiary/aromatic N) is 1. The first-order valence-electron chi connectivity index (χ1n) is 9.09. The molecule has 2 rings (SSSR count). The molecule has 0 N–H and O–H groups in total. The maximum absolute atomic E-state index is 12.9. The van der Waals surface area contributed by atoms with Gasteiger partial charge in [0, 0.05) is 18.5 Å². The monoisotopic (exact) mass is 363 g/mol. The van der Waals surface area contributed by atoms with Gasteiger partial charge in [-0.1, -0.05) is 0 Å². The Morgan fingerprint density at radius 3 is 2.58 bits per heavy atom. The highest BCUT2D eigenvalue weighted by atomic mass is 19.1. The average Bonchev–Trinajstić information content (AvgIpc) is 3.03. The molecule has 0 aliphatic carbocycles. The average molecular weight is 363 g/mol. The van der Waals surface area contributed by atoms with Gasteiger partial charge in [-0.25, -0.2) is 4.39 Å². The highest BCUT2D eigenvalue weighted by Crippen LogP contribution is 2.23. The fourth-order valence-electron chi connectivity index (χ4n) is 3.34. The van der Waals surface area contributed by atoms with Crippen molar-refractivity contribution in [2.24, 2.45) is 11.8 Å². The third-order valence-electron chi connectivity index (χ3n) is 4.81. The van der Waals surface area contributed by atoms with E-state index in [4.69, 9.17) is 4.74 Å². The second-order valence-electron chi connectivity index (χ2n) is 6.79. The van der Waals surface area contributed by atoms with E-state index in [2.05, 4.69) is 4.90 Å². The Hall–Kier alpha value is -2.08. The molecule has 0 radical (unpaired) electrons.